The van der Waals surface area contributed by atoms with E-state index in [0.29, 0.717) is 13.1 Å². The van der Waals surface area contributed by atoms with Crippen molar-refractivity contribution in [2.75, 3.05) is 13.6 Å². The molecule has 0 aliphatic carbocycles. The second-order valence-corrected chi connectivity index (χ2v) is 4.46. The molecule has 0 aliphatic rings. The van der Waals surface area contributed by atoms with Gasteiger partial charge in [-0.15, -0.1) is 11.3 Å². The van der Waals surface area contributed by atoms with Gasteiger partial charge in [0.25, 0.3) is 0 Å². The lowest BCUT2D eigenvalue weighted by molar-refractivity contribution is 0.308. The molecule has 0 amide bonds. The van der Waals surface area contributed by atoms with Gasteiger partial charge in [0.05, 0.1) is 12.2 Å². The lowest BCUT2D eigenvalue weighted by Gasteiger charge is -2.13. The van der Waals surface area contributed by atoms with Crippen molar-refractivity contribution >= 4 is 22.1 Å². The van der Waals surface area contributed by atoms with Crippen LogP contribution in [0.25, 0.3) is 4.96 Å². The molecule has 0 saturated carbocycles. The van der Waals surface area contributed by atoms with Gasteiger partial charge in [-0.1, -0.05) is 5.16 Å². The molecule has 0 unspecified atom stereocenters. The fraction of sp³-hybridized carbons (Fsp3) is 0.333. The fourth-order valence-electron chi connectivity index (χ4n) is 1.49. The number of amidine groups is 1. The van der Waals surface area contributed by atoms with Crippen LogP contribution in [0.5, 0.6) is 0 Å². The predicted octanol–water partition coefficient (Wildman–Crippen LogP) is 0.574. The zero-order valence-electron chi connectivity index (χ0n) is 8.87. The number of nitrogens with two attached hydrogens (primary N) is 1. The molecule has 86 valence electrons. The summed E-state index contributed by atoms with van der Waals surface area (Å²) in [5.41, 5.74) is 6.39. The third-order valence-electron chi connectivity index (χ3n) is 2.14. The molecule has 16 heavy (non-hydrogen) atoms. The first-order valence-corrected chi connectivity index (χ1v) is 5.63. The Hall–Kier alpha value is -1.60. The van der Waals surface area contributed by atoms with Crippen molar-refractivity contribution in [2.24, 2.45) is 10.9 Å². The van der Waals surface area contributed by atoms with Crippen molar-refractivity contribution in [2.45, 2.75) is 6.54 Å². The van der Waals surface area contributed by atoms with Crippen LogP contribution in [0.4, 0.5) is 0 Å². The van der Waals surface area contributed by atoms with Gasteiger partial charge in [0, 0.05) is 24.3 Å². The second-order valence-electron chi connectivity index (χ2n) is 3.59. The maximum atomic E-state index is 8.45. The van der Waals surface area contributed by atoms with E-state index in [1.165, 1.54) is 0 Å². The highest BCUT2D eigenvalue weighted by molar-refractivity contribution is 7.15. The van der Waals surface area contributed by atoms with Crippen LogP contribution in [0, 0.1) is 0 Å². The molecule has 0 fully saturated rings. The molecule has 7 heteroatoms. The molecule has 0 spiro atoms. The third kappa shape index (κ3) is 2.31. The van der Waals surface area contributed by atoms with E-state index in [9.17, 15) is 0 Å². The predicted molar refractivity (Wildman–Crippen MR) is 62.8 cm³/mol. The van der Waals surface area contributed by atoms with Crippen molar-refractivity contribution in [1.29, 1.82) is 0 Å². The van der Waals surface area contributed by atoms with Crippen molar-refractivity contribution in [3.05, 3.63) is 23.5 Å². The minimum absolute atomic E-state index is 0.198. The van der Waals surface area contributed by atoms with Crippen molar-refractivity contribution in [3.8, 4) is 0 Å². The van der Waals surface area contributed by atoms with Crippen LogP contribution in [0.2, 0.25) is 0 Å². The molecule has 0 aliphatic heterocycles. The van der Waals surface area contributed by atoms with Crippen LogP contribution in [-0.2, 0) is 6.54 Å². The number of fused-ring (bicyclic) bond motifs is 1. The van der Waals surface area contributed by atoms with Crippen molar-refractivity contribution in [3.63, 3.8) is 0 Å². The van der Waals surface area contributed by atoms with Gasteiger partial charge in [-0.25, -0.2) is 4.98 Å². The maximum Gasteiger partial charge on any atom is 0.193 e. The van der Waals surface area contributed by atoms with E-state index in [1.807, 2.05) is 34.1 Å². The van der Waals surface area contributed by atoms with E-state index in [-0.39, 0.29) is 5.84 Å². The quantitative estimate of drug-likeness (QED) is 0.354. The number of hydrogen-bond acceptors (Lipinski definition) is 5. The lowest BCUT2D eigenvalue weighted by Crippen LogP contribution is -2.30. The molecule has 2 rings (SSSR count). The number of likely N-dealkylation sites (N-methyl/N-ethyl adjacent to an activating group) is 1. The minimum atomic E-state index is 0.198. The van der Waals surface area contributed by atoms with Crippen molar-refractivity contribution < 1.29 is 5.21 Å². The fourth-order valence-corrected chi connectivity index (χ4v) is 2.21. The van der Waals surface area contributed by atoms with E-state index in [0.717, 1.165) is 10.7 Å². The van der Waals surface area contributed by atoms with Crippen LogP contribution < -0.4 is 5.73 Å². The number of thiazole rings is 1. The van der Waals surface area contributed by atoms with Crippen LogP contribution >= 0.6 is 11.3 Å². The van der Waals surface area contributed by atoms with Gasteiger partial charge >= 0.3 is 0 Å². The second kappa shape index (κ2) is 4.50. The Morgan fingerprint density at radius 2 is 2.56 bits per heavy atom. The van der Waals surface area contributed by atoms with Crippen molar-refractivity contribution in [1.82, 2.24) is 14.3 Å². The van der Waals surface area contributed by atoms with E-state index < -0.39 is 0 Å². The molecule has 0 atom stereocenters. The van der Waals surface area contributed by atoms with E-state index in [2.05, 4.69) is 10.1 Å². The van der Waals surface area contributed by atoms with E-state index in [4.69, 9.17) is 10.9 Å². The van der Waals surface area contributed by atoms with E-state index >= 15 is 0 Å². The first-order valence-electron chi connectivity index (χ1n) is 4.75. The van der Waals surface area contributed by atoms with Gasteiger partial charge in [-0.2, -0.15) is 0 Å². The van der Waals surface area contributed by atoms with Crippen LogP contribution in [0.15, 0.2) is 22.9 Å². The van der Waals surface area contributed by atoms with Gasteiger partial charge in [0.1, 0.15) is 0 Å². The highest BCUT2D eigenvalue weighted by Crippen LogP contribution is 2.12. The molecular formula is C9H13N5OS. The average Bonchev–Trinajstić information content (AvgIpc) is 2.77. The minimum Gasteiger partial charge on any atom is -0.409 e. The molecule has 2 aromatic rings. The smallest absolute Gasteiger partial charge is 0.193 e. The molecule has 0 aromatic carbocycles. The average molecular weight is 239 g/mol. The molecule has 2 aromatic heterocycles. The summed E-state index contributed by atoms with van der Waals surface area (Å²) in [6.45, 7) is 1.09. The Bertz CT molecular complexity index is 474. The molecule has 0 radical (unpaired) electrons. The molecule has 0 saturated heterocycles. The third-order valence-corrected chi connectivity index (χ3v) is 2.91. The molecule has 6 nitrogen and oxygen atoms in total. The summed E-state index contributed by atoms with van der Waals surface area (Å²) in [4.78, 5) is 7.35. The van der Waals surface area contributed by atoms with Crippen LogP contribution in [0.1, 0.15) is 5.69 Å². The van der Waals surface area contributed by atoms with Gasteiger partial charge in [-0.3, -0.25) is 9.30 Å². The number of hydrogen-bond donors (Lipinski definition) is 2. The zero-order chi connectivity index (χ0) is 11.5. The number of nitrogens with zero attached hydrogens (tertiary/aromatic N) is 4. The van der Waals surface area contributed by atoms with Gasteiger partial charge in [-0.05, 0) is 7.05 Å². The van der Waals surface area contributed by atoms with Gasteiger partial charge in [0.15, 0.2) is 10.8 Å². The lowest BCUT2D eigenvalue weighted by atomic mass is 10.4. The van der Waals surface area contributed by atoms with E-state index in [1.54, 1.807) is 11.3 Å². The summed E-state index contributed by atoms with van der Waals surface area (Å²) in [6, 6.07) is 0. The van der Waals surface area contributed by atoms with Gasteiger partial charge < -0.3 is 10.9 Å². The maximum absolute atomic E-state index is 8.45. The van der Waals surface area contributed by atoms with Crippen LogP contribution in [-0.4, -0.2) is 38.9 Å². The summed E-state index contributed by atoms with van der Waals surface area (Å²) in [5, 5.41) is 13.4. The monoisotopic (exact) mass is 239 g/mol. The molecule has 2 heterocycles. The highest BCUT2D eigenvalue weighted by atomic mass is 32.1. The summed E-state index contributed by atoms with van der Waals surface area (Å²) in [6.07, 6.45) is 3.95. The largest absolute Gasteiger partial charge is 0.409 e. The Morgan fingerprint density at radius 3 is 3.25 bits per heavy atom. The normalized spacial score (nSPS) is 12.8. The van der Waals surface area contributed by atoms with Gasteiger partial charge in [0.2, 0.25) is 0 Å². The first kappa shape index (κ1) is 10.9. The standard InChI is InChI=1S/C9H13N5OS/c1-13(6-8(10)12-15)4-7-5-14-2-3-16-9(14)11-7/h2-3,5,15H,4,6H2,1H3,(H2,10,12). The Labute approximate surface area is 96.6 Å². The topological polar surface area (TPSA) is 79.1 Å². The Balaban J connectivity index is 2.01. The van der Waals surface area contributed by atoms with Crippen LogP contribution in [0.3, 0.4) is 0 Å². The summed E-state index contributed by atoms with van der Waals surface area (Å²) >= 11 is 1.60. The summed E-state index contributed by atoms with van der Waals surface area (Å²) in [5.74, 6) is 0.198. The Morgan fingerprint density at radius 1 is 1.75 bits per heavy atom. The highest BCUT2D eigenvalue weighted by Gasteiger charge is 2.07. The number of imidazole rings is 1. The molecule has 3 N–H and O–H groups in total. The molecular weight excluding hydrogens is 226 g/mol. The zero-order valence-corrected chi connectivity index (χ0v) is 9.68. The SMILES string of the molecule is CN(C/C(N)=N/O)Cc1cn2ccsc2n1. The molecule has 0 bridgehead atoms. The summed E-state index contributed by atoms with van der Waals surface area (Å²) in [7, 11) is 1.89. The number of aromatic nitrogens is 2. The summed E-state index contributed by atoms with van der Waals surface area (Å²) < 4.78 is 1.98. The number of oxime groups is 1. The Kier molecular flexibility index (Phi) is 3.07. The first-order chi connectivity index (χ1) is 7.69. The number of rotatable bonds is 4.